The predicted molar refractivity (Wildman–Crippen MR) is 144 cm³/mol. The van der Waals surface area contributed by atoms with Gasteiger partial charge in [0.05, 0.1) is 0 Å². The average molecular weight is 552 g/mol. The molecule has 1 fully saturated rings. The van der Waals surface area contributed by atoms with E-state index in [1.54, 1.807) is 0 Å². The molecule has 3 rings (SSSR count). The van der Waals surface area contributed by atoms with Gasteiger partial charge in [-0.25, -0.2) is 0 Å². The minimum absolute atomic E-state index is 0. The van der Waals surface area contributed by atoms with Crippen molar-refractivity contribution in [2.24, 2.45) is 4.99 Å². The van der Waals surface area contributed by atoms with E-state index in [0.29, 0.717) is 6.54 Å². The van der Waals surface area contributed by atoms with E-state index in [1.807, 2.05) is 37.4 Å². The number of aliphatic imine (C=N–C) groups is 1. The van der Waals surface area contributed by atoms with Crippen LogP contribution in [-0.4, -0.2) is 69.1 Å². The van der Waals surface area contributed by atoms with Gasteiger partial charge in [-0.2, -0.15) is 0 Å². The number of guanidine groups is 1. The number of nitrogens with zero attached hydrogens (tertiary/aromatic N) is 3. The summed E-state index contributed by atoms with van der Waals surface area (Å²) in [6.07, 6.45) is 2.35. The van der Waals surface area contributed by atoms with Gasteiger partial charge in [-0.3, -0.25) is 4.99 Å². The average Bonchev–Trinajstić information content (AvgIpc) is 2.78. The second-order valence-electron chi connectivity index (χ2n) is 8.23. The topological polar surface area (TPSA) is 52.1 Å². The van der Waals surface area contributed by atoms with Crippen molar-refractivity contribution in [2.75, 3.05) is 53.4 Å². The molecule has 7 heteroatoms. The summed E-state index contributed by atoms with van der Waals surface area (Å²) >= 11 is 0. The molecule has 2 aromatic carbocycles. The Morgan fingerprint density at radius 1 is 1.00 bits per heavy atom. The number of rotatable bonds is 9. The number of piperazine rings is 1. The fourth-order valence-corrected chi connectivity index (χ4v) is 3.66. The highest BCUT2D eigenvalue weighted by Crippen LogP contribution is 2.26. The van der Waals surface area contributed by atoms with E-state index in [4.69, 9.17) is 4.74 Å². The third-order valence-corrected chi connectivity index (χ3v) is 5.65. The van der Waals surface area contributed by atoms with Gasteiger partial charge < -0.3 is 25.2 Å². The first-order valence-electron chi connectivity index (χ1n) is 11.3. The van der Waals surface area contributed by atoms with Gasteiger partial charge in [-0.1, -0.05) is 30.3 Å². The van der Waals surface area contributed by atoms with Crippen LogP contribution in [0, 0.1) is 6.92 Å². The highest BCUT2D eigenvalue weighted by molar-refractivity contribution is 14.0. The van der Waals surface area contributed by atoms with Crippen LogP contribution in [0.2, 0.25) is 0 Å². The molecule has 0 bridgehead atoms. The van der Waals surface area contributed by atoms with Gasteiger partial charge in [-0.05, 0) is 57.1 Å². The van der Waals surface area contributed by atoms with Crippen LogP contribution < -0.4 is 15.4 Å². The third-order valence-electron chi connectivity index (χ3n) is 5.65. The maximum atomic E-state index is 6.13. The second kappa shape index (κ2) is 14.3. The molecule has 0 amide bonds. The molecule has 0 saturated carbocycles. The van der Waals surface area contributed by atoms with Crippen LogP contribution in [-0.2, 0) is 6.54 Å². The summed E-state index contributed by atoms with van der Waals surface area (Å²) in [6.45, 7) is 9.60. The van der Waals surface area contributed by atoms with E-state index in [0.717, 1.165) is 36.0 Å². The van der Waals surface area contributed by atoms with Gasteiger partial charge in [0.2, 0.25) is 0 Å². The summed E-state index contributed by atoms with van der Waals surface area (Å²) < 4.78 is 6.13. The Balaban J connectivity index is 0.00000363. The van der Waals surface area contributed by atoms with Crippen molar-refractivity contribution >= 4 is 29.9 Å². The number of unbranched alkanes of at least 4 members (excludes halogenated alkanes) is 1. The fourth-order valence-electron chi connectivity index (χ4n) is 3.66. The predicted octanol–water partition coefficient (Wildman–Crippen LogP) is 4.10. The Labute approximate surface area is 210 Å². The first-order valence-corrected chi connectivity index (χ1v) is 11.3. The number of para-hydroxylation sites is 1. The third kappa shape index (κ3) is 8.96. The van der Waals surface area contributed by atoms with Crippen LogP contribution in [0.3, 0.4) is 0 Å². The minimum Gasteiger partial charge on any atom is -0.457 e. The molecule has 0 unspecified atom stereocenters. The van der Waals surface area contributed by atoms with Crippen LogP contribution in [0.1, 0.15) is 24.0 Å². The van der Waals surface area contributed by atoms with E-state index in [-0.39, 0.29) is 24.0 Å². The van der Waals surface area contributed by atoms with Gasteiger partial charge in [0.25, 0.3) is 0 Å². The molecule has 1 aliphatic heterocycles. The lowest BCUT2D eigenvalue weighted by atomic mass is 10.1. The minimum atomic E-state index is 0. The molecule has 0 spiro atoms. The largest absolute Gasteiger partial charge is 0.457 e. The summed E-state index contributed by atoms with van der Waals surface area (Å²) in [5.41, 5.74) is 2.28. The first-order chi connectivity index (χ1) is 15.1. The molecule has 0 aliphatic carbocycles. The fraction of sp³-hybridized carbons (Fsp3) is 0.480. The summed E-state index contributed by atoms with van der Waals surface area (Å²) in [5, 5.41) is 6.86. The molecular formula is C25H38IN5O. The van der Waals surface area contributed by atoms with Crippen molar-refractivity contribution in [3.05, 3.63) is 59.7 Å². The zero-order valence-corrected chi connectivity index (χ0v) is 22.0. The molecule has 2 aromatic rings. The van der Waals surface area contributed by atoms with Crippen LogP contribution >= 0.6 is 24.0 Å². The van der Waals surface area contributed by atoms with Crippen LogP contribution in [0.5, 0.6) is 11.5 Å². The van der Waals surface area contributed by atoms with Gasteiger partial charge in [0.1, 0.15) is 11.5 Å². The maximum absolute atomic E-state index is 6.13. The van der Waals surface area contributed by atoms with E-state index in [2.05, 4.69) is 57.6 Å². The SMILES string of the molecule is CN=C(NCCCCN1CCN(C)CC1)NCc1ccc(C)cc1Oc1ccccc1.I. The standard InChI is InChI=1S/C25H37N5O.HI/c1-21-11-12-22(24(19-21)31-23-9-5-4-6-10-23)20-28-25(26-2)27-13-7-8-14-30-17-15-29(3)16-18-30;/h4-6,9-12,19H,7-8,13-18,20H2,1-3H3,(H2,26,27,28);1H. The number of benzene rings is 2. The number of ether oxygens (including phenoxy) is 1. The van der Waals surface area contributed by atoms with Crippen LogP contribution in [0.25, 0.3) is 0 Å². The smallest absolute Gasteiger partial charge is 0.191 e. The molecule has 1 saturated heterocycles. The number of hydrogen-bond donors (Lipinski definition) is 2. The lowest BCUT2D eigenvalue weighted by Gasteiger charge is -2.32. The van der Waals surface area contributed by atoms with E-state index in [1.165, 1.54) is 44.7 Å². The molecular weight excluding hydrogens is 513 g/mol. The number of hydrogen-bond acceptors (Lipinski definition) is 4. The lowest BCUT2D eigenvalue weighted by molar-refractivity contribution is 0.152. The maximum Gasteiger partial charge on any atom is 0.191 e. The summed E-state index contributed by atoms with van der Waals surface area (Å²) in [7, 11) is 4.02. The molecule has 2 N–H and O–H groups in total. The molecule has 0 atom stereocenters. The molecule has 6 nitrogen and oxygen atoms in total. The van der Waals surface area contributed by atoms with E-state index >= 15 is 0 Å². The zero-order valence-electron chi connectivity index (χ0n) is 19.6. The molecule has 0 radical (unpaired) electrons. The van der Waals surface area contributed by atoms with Crippen molar-refractivity contribution in [1.29, 1.82) is 0 Å². The number of likely N-dealkylation sites (N-methyl/N-ethyl adjacent to an activating group) is 1. The van der Waals surface area contributed by atoms with Crippen LogP contribution in [0.4, 0.5) is 0 Å². The lowest BCUT2D eigenvalue weighted by Crippen LogP contribution is -2.44. The molecule has 32 heavy (non-hydrogen) atoms. The molecule has 176 valence electrons. The molecule has 0 aromatic heterocycles. The quantitative estimate of drug-likeness (QED) is 0.213. The van der Waals surface area contributed by atoms with Crippen molar-refractivity contribution in [1.82, 2.24) is 20.4 Å². The molecule has 1 heterocycles. The normalized spacial score (nSPS) is 15.2. The second-order valence-corrected chi connectivity index (χ2v) is 8.23. The Bertz CT molecular complexity index is 822. The monoisotopic (exact) mass is 551 g/mol. The Hall–Kier alpha value is -1.84. The summed E-state index contributed by atoms with van der Waals surface area (Å²) in [4.78, 5) is 9.34. The van der Waals surface area contributed by atoms with Gasteiger partial charge >= 0.3 is 0 Å². The summed E-state index contributed by atoms with van der Waals surface area (Å²) in [6, 6.07) is 16.2. The van der Waals surface area contributed by atoms with Gasteiger partial charge in [0.15, 0.2) is 5.96 Å². The molecule has 1 aliphatic rings. The number of nitrogens with one attached hydrogen (secondary N) is 2. The van der Waals surface area contributed by atoms with Crippen molar-refractivity contribution < 1.29 is 4.74 Å². The van der Waals surface area contributed by atoms with Crippen molar-refractivity contribution in [3.63, 3.8) is 0 Å². The van der Waals surface area contributed by atoms with Gasteiger partial charge in [-0.15, -0.1) is 24.0 Å². The van der Waals surface area contributed by atoms with Crippen LogP contribution in [0.15, 0.2) is 53.5 Å². The highest BCUT2D eigenvalue weighted by Gasteiger charge is 2.12. The Morgan fingerprint density at radius 3 is 2.47 bits per heavy atom. The number of aryl methyl sites for hydroxylation is 1. The Morgan fingerprint density at radius 2 is 1.75 bits per heavy atom. The first kappa shape index (κ1) is 26.4. The van der Waals surface area contributed by atoms with E-state index < -0.39 is 0 Å². The number of halogens is 1. The Kier molecular flexibility index (Phi) is 11.8. The summed E-state index contributed by atoms with van der Waals surface area (Å²) in [5.74, 6) is 2.55. The highest BCUT2D eigenvalue weighted by atomic mass is 127. The zero-order chi connectivity index (χ0) is 21.9. The van der Waals surface area contributed by atoms with E-state index in [9.17, 15) is 0 Å². The van der Waals surface area contributed by atoms with Gasteiger partial charge in [0, 0.05) is 51.9 Å². The van der Waals surface area contributed by atoms with Crippen molar-refractivity contribution in [3.8, 4) is 11.5 Å². The van der Waals surface area contributed by atoms with Crippen molar-refractivity contribution in [2.45, 2.75) is 26.3 Å².